The molecule has 7 N–H and O–H groups in total. The summed E-state index contributed by atoms with van der Waals surface area (Å²) >= 11 is 0. The molecule has 0 saturated heterocycles. The molecule has 0 atom stereocenters. The van der Waals surface area contributed by atoms with Crippen LogP contribution in [-0.4, -0.2) is 16.7 Å². The minimum Gasteiger partial charge on any atom is -0.384 e. The number of aromatic amines is 1. The summed E-state index contributed by atoms with van der Waals surface area (Å²) < 4.78 is 0. The molecule has 110 valence electrons. The molecule has 0 unspecified atom stereocenters. The number of nitrogens with one attached hydrogen (secondary N) is 3. The van der Waals surface area contributed by atoms with Crippen molar-refractivity contribution >= 4 is 22.6 Å². The summed E-state index contributed by atoms with van der Waals surface area (Å²) in [4.78, 5) is 3.36. The largest absolute Gasteiger partial charge is 0.384 e. The van der Waals surface area contributed by atoms with Crippen molar-refractivity contribution in [3.8, 4) is 11.3 Å². The Morgan fingerprint density at radius 1 is 0.909 bits per heavy atom. The number of amidine groups is 2. The van der Waals surface area contributed by atoms with Gasteiger partial charge in [-0.2, -0.15) is 0 Å². The van der Waals surface area contributed by atoms with Crippen LogP contribution in [0.15, 0.2) is 42.5 Å². The van der Waals surface area contributed by atoms with Gasteiger partial charge in [0, 0.05) is 33.3 Å². The van der Waals surface area contributed by atoms with E-state index in [1.165, 1.54) is 0 Å². The second kappa shape index (κ2) is 5.04. The minimum atomic E-state index is 0.0556. The number of hydrogen-bond donors (Lipinski definition) is 5. The Hall–Kier alpha value is -3.08. The molecule has 0 radical (unpaired) electrons. The van der Waals surface area contributed by atoms with E-state index < -0.39 is 0 Å². The summed E-state index contributed by atoms with van der Waals surface area (Å²) in [7, 11) is 0. The fourth-order valence-electron chi connectivity index (χ4n) is 2.57. The van der Waals surface area contributed by atoms with Gasteiger partial charge in [0.05, 0.1) is 0 Å². The summed E-state index contributed by atoms with van der Waals surface area (Å²) in [6.45, 7) is 1.99. The van der Waals surface area contributed by atoms with Crippen molar-refractivity contribution in [1.29, 1.82) is 10.8 Å². The van der Waals surface area contributed by atoms with Crippen LogP contribution >= 0.6 is 0 Å². The van der Waals surface area contributed by atoms with Crippen molar-refractivity contribution in [2.75, 3.05) is 0 Å². The molecule has 0 aliphatic carbocycles. The molecule has 0 aliphatic rings. The monoisotopic (exact) mass is 291 g/mol. The van der Waals surface area contributed by atoms with E-state index in [-0.39, 0.29) is 11.7 Å². The van der Waals surface area contributed by atoms with Crippen LogP contribution in [0.2, 0.25) is 0 Å². The molecule has 5 heteroatoms. The number of aromatic nitrogens is 1. The van der Waals surface area contributed by atoms with E-state index in [0.717, 1.165) is 33.3 Å². The van der Waals surface area contributed by atoms with E-state index in [1.807, 2.05) is 43.3 Å². The zero-order valence-corrected chi connectivity index (χ0v) is 12.2. The second-order valence-electron chi connectivity index (χ2n) is 5.34. The number of aryl methyl sites for hydroxylation is 1. The molecule has 1 aromatic heterocycles. The van der Waals surface area contributed by atoms with Gasteiger partial charge in [-0.3, -0.25) is 10.8 Å². The maximum absolute atomic E-state index is 7.51. The lowest BCUT2D eigenvalue weighted by atomic mass is 10.0. The number of rotatable bonds is 3. The lowest BCUT2D eigenvalue weighted by Crippen LogP contribution is -2.11. The van der Waals surface area contributed by atoms with Crippen molar-refractivity contribution in [2.45, 2.75) is 6.92 Å². The van der Waals surface area contributed by atoms with Crippen LogP contribution in [0.5, 0.6) is 0 Å². The van der Waals surface area contributed by atoms with E-state index in [9.17, 15) is 0 Å². The summed E-state index contributed by atoms with van der Waals surface area (Å²) in [5.74, 6) is 0.123. The van der Waals surface area contributed by atoms with E-state index in [2.05, 4.69) is 11.1 Å². The lowest BCUT2D eigenvalue weighted by molar-refractivity contribution is 1.36. The van der Waals surface area contributed by atoms with Crippen molar-refractivity contribution in [2.24, 2.45) is 11.5 Å². The Bertz CT molecular complexity index is 905. The summed E-state index contributed by atoms with van der Waals surface area (Å²) in [6, 6.07) is 13.4. The summed E-state index contributed by atoms with van der Waals surface area (Å²) in [6.07, 6.45) is 0. The normalized spacial score (nSPS) is 10.8. The predicted molar refractivity (Wildman–Crippen MR) is 90.5 cm³/mol. The Morgan fingerprint density at radius 3 is 2.18 bits per heavy atom. The number of H-pyrrole nitrogens is 1. The van der Waals surface area contributed by atoms with Gasteiger partial charge >= 0.3 is 0 Å². The molecule has 0 saturated carbocycles. The fraction of sp³-hybridized carbons (Fsp3) is 0.0588. The smallest absolute Gasteiger partial charge is 0.122 e. The topological polar surface area (TPSA) is 116 Å². The molecule has 2 aromatic carbocycles. The molecule has 22 heavy (non-hydrogen) atoms. The maximum atomic E-state index is 7.51. The molecule has 3 rings (SSSR count). The first-order valence-corrected chi connectivity index (χ1v) is 6.88. The molecule has 5 nitrogen and oxygen atoms in total. The molecule has 0 amide bonds. The molecule has 0 bridgehead atoms. The number of benzene rings is 2. The van der Waals surface area contributed by atoms with Gasteiger partial charge in [-0.05, 0) is 30.7 Å². The number of nitrogen functional groups attached to an aromatic ring is 2. The van der Waals surface area contributed by atoms with Gasteiger partial charge in [-0.15, -0.1) is 0 Å². The van der Waals surface area contributed by atoms with E-state index in [1.54, 1.807) is 0 Å². The Balaban J connectivity index is 2.10. The average molecular weight is 291 g/mol. The fourth-order valence-corrected chi connectivity index (χ4v) is 2.57. The Labute approximate surface area is 128 Å². The van der Waals surface area contributed by atoms with Crippen LogP contribution in [0.4, 0.5) is 0 Å². The van der Waals surface area contributed by atoms with E-state index in [4.69, 9.17) is 22.3 Å². The van der Waals surface area contributed by atoms with E-state index in [0.29, 0.717) is 5.56 Å². The van der Waals surface area contributed by atoms with Crippen molar-refractivity contribution in [3.63, 3.8) is 0 Å². The predicted octanol–water partition coefficient (Wildman–Crippen LogP) is 2.71. The highest BCUT2D eigenvalue weighted by atomic mass is 14.7. The maximum Gasteiger partial charge on any atom is 0.122 e. The van der Waals surface area contributed by atoms with E-state index >= 15 is 0 Å². The van der Waals surface area contributed by atoms with Gasteiger partial charge in [-0.1, -0.05) is 24.3 Å². The van der Waals surface area contributed by atoms with Crippen molar-refractivity contribution in [3.05, 3.63) is 59.2 Å². The first kappa shape index (κ1) is 13.9. The van der Waals surface area contributed by atoms with Crippen LogP contribution in [0.25, 0.3) is 22.2 Å². The first-order valence-electron chi connectivity index (χ1n) is 6.88. The highest BCUT2D eigenvalue weighted by Crippen LogP contribution is 2.27. The van der Waals surface area contributed by atoms with Gasteiger partial charge < -0.3 is 16.5 Å². The zero-order chi connectivity index (χ0) is 15.9. The second-order valence-corrected chi connectivity index (χ2v) is 5.34. The zero-order valence-electron chi connectivity index (χ0n) is 12.2. The van der Waals surface area contributed by atoms with Crippen LogP contribution < -0.4 is 11.5 Å². The Kier molecular flexibility index (Phi) is 3.18. The van der Waals surface area contributed by atoms with Crippen molar-refractivity contribution < 1.29 is 0 Å². The number of hydrogen-bond acceptors (Lipinski definition) is 2. The van der Waals surface area contributed by atoms with Crippen LogP contribution in [0.1, 0.15) is 16.7 Å². The van der Waals surface area contributed by atoms with Crippen molar-refractivity contribution in [1.82, 2.24) is 4.98 Å². The Morgan fingerprint density at radius 2 is 1.55 bits per heavy atom. The lowest BCUT2D eigenvalue weighted by Gasteiger charge is -2.06. The highest BCUT2D eigenvalue weighted by molar-refractivity contribution is 5.99. The third-order valence-electron chi connectivity index (χ3n) is 3.76. The van der Waals surface area contributed by atoms with Gasteiger partial charge in [0.15, 0.2) is 0 Å². The highest BCUT2D eigenvalue weighted by Gasteiger charge is 2.09. The minimum absolute atomic E-state index is 0.0556. The number of nitrogens with two attached hydrogens (primary N) is 2. The quantitative estimate of drug-likeness (QED) is 0.377. The third kappa shape index (κ3) is 2.33. The van der Waals surface area contributed by atoms with Crippen LogP contribution in [0, 0.1) is 17.7 Å². The first-order chi connectivity index (χ1) is 10.5. The summed E-state index contributed by atoms with van der Waals surface area (Å²) in [5, 5.41) is 16.1. The molecule has 3 aromatic rings. The molecule has 0 fully saturated rings. The molecular formula is C17H17N5. The van der Waals surface area contributed by atoms with Crippen LogP contribution in [-0.2, 0) is 0 Å². The molecule has 0 spiro atoms. The standard InChI is InChI=1S/C17H17N5/c1-9-6-11(16(18)19)4-5-13(9)15-7-10-2-3-12(17(20)21)8-14(10)22-15/h2-8,22H,1H3,(H3,18,19)(H3,20,21). The molecular weight excluding hydrogens is 274 g/mol. The molecule has 0 aliphatic heterocycles. The van der Waals surface area contributed by atoms with Gasteiger partial charge in [0.25, 0.3) is 0 Å². The third-order valence-corrected chi connectivity index (χ3v) is 3.76. The number of fused-ring (bicyclic) bond motifs is 1. The van der Waals surface area contributed by atoms with Gasteiger partial charge in [0.1, 0.15) is 11.7 Å². The average Bonchev–Trinajstić information content (AvgIpc) is 2.89. The SMILES string of the molecule is Cc1cc(C(=N)N)ccc1-c1cc2ccc(C(=N)N)cc2[nH]1. The van der Waals surface area contributed by atoms with Gasteiger partial charge in [0.2, 0.25) is 0 Å². The molecule has 1 heterocycles. The summed E-state index contributed by atoms with van der Waals surface area (Å²) in [5.41, 5.74) is 16.5. The van der Waals surface area contributed by atoms with Gasteiger partial charge in [-0.25, -0.2) is 0 Å². The van der Waals surface area contributed by atoms with Crippen LogP contribution in [0.3, 0.4) is 0 Å².